The maximum Gasteiger partial charge on any atom is 0.221 e. The fraction of sp³-hybridized carbons (Fsp3) is 0.139. The van der Waals surface area contributed by atoms with E-state index in [9.17, 15) is 4.79 Å². The number of pyridine rings is 1. The second-order valence-corrected chi connectivity index (χ2v) is 10.7. The first kappa shape index (κ1) is 30.8. The van der Waals surface area contributed by atoms with E-state index < -0.39 is 0 Å². The number of fused-ring (bicyclic) bond motifs is 1. The van der Waals surface area contributed by atoms with Gasteiger partial charge in [-0.05, 0) is 40.5 Å². The second kappa shape index (κ2) is 13.8. The van der Waals surface area contributed by atoms with Crippen molar-refractivity contribution in [1.29, 1.82) is 0 Å². The Hall–Kier alpha value is -6.23. The Morgan fingerprint density at radius 3 is 2.47 bits per heavy atom. The Labute approximate surface area is 272 Å². The van der Waals surface area contributed by atoms with Gasteiger partial charge in [0.2, 0.25) is 11.8 Å². The molecule has 3 aromatic carbocycles. The molecule has 4 N–H and O–H groups in total. The van der Waals surface area contributed by atoms with Crippen molar-refractivity contribution in [2.75, 3.05) is 25.7 Å². The number of methoxy groups -OCH3 is 2. The number of allylic oxidation sites excluding steroid dienone is 1. The summed E-state index contributed by atoms with van der Waals surface area (Å²) in [5.41, 5.74) is 17.4. The molecule has 0 saturated carbocycles. The lowest BCUT2D eigenvalue weighted by Gasteiger charge is -2.31. The maximum atomic E-state index is 13.8. The lowest BCUT2D eigenvalue weighted by molar-refractivity contribution is 0.104. The molecule has 0 bridgehead atoms. The van der Waals surface area contributed by atoms with Crippen LogP contribution in [0.2, 0.25) is 0 Å². The molecule has 11 heteroatoms. The number of benzene rings is 3. The van der Waals surface area contributed by atoms with E-state index >= 15 is 0 Å². The molecule has 0 aliphatic carbocycles. The number of carbonyl (C=O) groups excluding carboxylic acids is 1. The molecule has 236 valence electrons. The number of aromatic nitrogens is 3. The number of carbonyl (C=O) groups is 1. The van der Waals surface area contributed by atoms with Crippen LogP contribution >= 0.6 is 0 Å². The fourth-order valence-electron chi connectivity index (χ4n) is 5.37. The topological polar surface area (TPSA) is 151 Å². The number of rotatable bonds is 11. The molecule has 5 aromatic rings. The van der Waals surface area contributed by atoms with Gasteiger partial charge >= 0.3 is 0 Å². The van der Waals surface area contributed by atoms with E-state index in [1.807, 2.05) is 66.7 Å². The second-order valence-electron chi connectivity index (χ2n) is 10.7. The number of hydrogen-bond donors (Lipinski definition) is 2. The number of nitrogens with zero attached hydrogens (tertiary/aromatic N) is 5. The Bertz CT molecular complexity index is 1950. The standard InChI is InChI=1S/C36H33N7O4/c1-45-31-18-24(16-27-20-40-36(38)42-35(27)37)17-29(34(31)46-2)30(44)14-15-43-33(28-11-7-6-10-25(28)21-41-43)26-12-13-32(39-19-26)47-22-23-8-4-3-5-9-23/h3-15,17-21,33H,16,22H2,1-2H3,(H4,37,38,40,42). The van der Waals surface area contributed by atoms with Crippen molar-refractivity contribution in [3.63, 3.8) is 0 Å². The summed E-state index contributed by atoms with van der Waals surface area (Å²) in [7, 11) is 3.01. The van der Waals surface area contributed by atoms with Crippen LogP contribution in [0.25, 0.3) is 0 Å². The monoisotopic (exact) mass is 627 g/mol. The summed E-state index contributed by atoms with van der Waals surface area (Å²) in [6, 6.07) is 24.9. The van der Waals surface area contributed by atoms with Crippen molar-refractivity contribution in [1.82, 2.24) is 20.0 Å². The Kier molecular flexibility index (Phi) is 9.05. The lowest BCUT2D eigenvalue weighted by Crippen LogP contribution is -2.25. The molecule has 0 saturated heterocycles. The van der Waals surface area contributed by atoms with E-state index in [1.54, 1.807) is 41.9 Å². The molecule has 47 heavy (non-hydrogen) atoms. The summed E-state index contributed by atoms with van der Waals surface area (Å²) in [4.78, 5) is 26.4. The van der Waals surface area contributed by atoms with E-state index in [-0.39, 0.29) is 23.6 Å². The average Bonchev–Trinajstić information content (AvgIpc) is 3.11. The summed E-state index contributed by atoms with van der Waals surface area (Å²) in [6.45, 7) is 0.414. The summed E-state index contributed by atoms with van der Waals surface area (Å²) in [5, 5.41) is 6.41. The summed E-state index contributed by atoms with van der Waals surface area (Å²) < 4.78 is 17.1. The van der Waals surface area contributed by atoms with Crippen LogP contribution in [0.3, 0.4) is 0 Å². The zero-order chi connectivity index (χ0) is 32.8. The zero-order valence-electron chi connectivity index (χ0n) is 25.9. The number of anilines is 2. The van der Waals surface area contributed by atoms with Gasteiger partial charge in [-0.25, -0.2) is 9.97 Å². The highest BCUT2D eigenvalue weighted by Gasteiger charge is 2.26. The fourth-order valence-corrected chi connectivity index (χ4v) is 5.37. The van der Waals surface area contributed by atoms with Crippen molar-refractivity contribution in [3.05, 3.63) is 142 Å². The first-order valence-corrected chi connectivity index (χ1v) is 14.8. The maximum absolute atomic E-state index is 13.8. The van der Waals surface area contributed by atoms with Gasteiger partial charge in [0.05, 0.1) is 26.0 Å². The van der Waals surface area contributed by atoms with Crippen LogP contribution in [0.1, 0.15) is 49.8 Å². The first-order chi connectivity index (χ1) is 22.9. The van der Waals surface area contributed by atoms with Crippen LogP contribution in [0, 0.1) is 0 Å². The molecule has 1 atom stereocenters. The van der Waals surface area contributed by atoms with Crippen LogP contribution in [0.15, 0.2) is 109 Å². The molecule has 3 heterocycles. The van der Waals surface area contributed by atoms with E-state index in [0.717, 1.165) is 27.8 Å². The van der Waals surface area contributed by atoms with Gasteiger partial charge in [0.1, 0.15) is 18.5 Å². The van der Waals surface area contributed by atoms with Crippen molar-refractivity contribution in [2.45, 2.75) is 19.1 Å². The van der Waals surface area contributed by atoms with Crippen molar-refractivity contribution in [3.8, 4) is 17.4 Å². The zero-order valence-corrected chi connectivity index (χ0v) is 25.9. The van der Waals surface area contributed by atoms with Gasteiger partial charge in [-0.1, -0.05) is 54.6 Å². The van der Waals surface area contributed by atoms with Gasteiger partial charge in [-0.3, -0.25) is 9.80 Å². The SMILES string of the molecule is COc1cc(Cc2cnc(N)nc2N)cc(C(=O)C=CN2N=Cc3ccccc3C2c2ccc(OCc3ccccc3)nc2)c1OC. The molecule has 1 aliphatic rings. The quantitative estimate of drug-likeness (QED) is 0.145. The minimum absolute atomic E-state index is 0.0870. The van der Waals surface area contributed by atoms with Gasteiger partial charge in [-0.15, -0.1) is 0 Å². The minimum Gasteiger partial charge on any atom is -0.493 e. The van der Waals surface area contributed by atoms with Crippen LogP contribution in [-0.2, 0) is 13.0 Å². The average molecular weight is 628 g/mol. The summed E-state index contributed by atoms with van der Waals surface area (Å²) in [6.07, 6.45) is 8.58. The molecule has 0 spiro atoms. The Balaban J connectivity index is 1.27. The molecule has 1 aliphatic heterocycles. The molecular weight excluding hydrogens is 594 g/mol. The normalized spacial score (nSPS) is 13.7. The third-order valence-corrected chi connectivity index (χ3v) is 7.68. The summed E-state index contributed by atoms with van der Waals surface area (Å²) >= 11 is 0. The molecular formula is C36H33N7O4. The number of nitrogens with two attached hydrogens (primary N) is 2. The van der Waals surface area contributed by atoms with E-state index in [2.05, 4.69) is 20.1 Å². The highest BCUT2D eigenvalue weighted by atomic mass is 16.5. The predicted octanol–water partition coefficient (Wildman–Crippen LogP) is 5.36. The highest BCUT2D eigenvalue weighted by molar-refractivity contribution is 6.07. The number of hydrazone groups is 1. The van der Waals surface area contributed by atoms with Crippen molar-refractivity contribution < 1.29 is 19.0 Å². The van der Waals surface area contributed by atoms with Gasteiger partial charge in [0.15, 0.2) is 17.3 Å². The largest absolute Gasteiger partial charge is 0.493 e. The Morgan fingerprint density at radius 2 is 1.72 bits per heavy atom. The number of ether oxygens (including phenoxy) is 3. The Morgan fingerprint density at radius 1 is 0.915 bits per heavy atom. The van der Waals surface area contributed by atoms with Crippen LogP contribution < -0.4 is 25.7 Å². The molecule has 11 nitrogen and oxygen atoms in total. The van der Waals surface area contributed by atoms with Gasteiger partial charge in [-0.2, -0.15) is 10.1 Å². The third-order valence-electron chi connectivity index (χ3n) is 7.68. The van der Waals surface area contributed by atoms with E-state index in [1.165, 1.54) is 20.3 Å². The number of nitrogen functional groups attached to an aromatic ring is 2. The lowest BCUT2D eigenvalue weighted by atomic mass is 9.94. The van der Waals surface area contributed by atoms with Gasteiger partial charge in [0, 0.05) is 48.3 Å². The van der Waals surface area contributed by atoms with Crippen LogP contribution in [0.5, 0.6) is 17.4 Å². The van der Waals surface area contributed by atoms with Crippen molar-refractivity contribution in [2.24, 2.45) is 5.10 Å². The van der Waals surface area contributed by atoms with Gasteiger partial charge in [0.25, 0.3) is 0 Å². The van der Waals surface area contributed by atoms with Crippen LogP contribution in [0.4, 0.5) is 11.8 Å². The third kappa shape index (κ3) is 6.89. The van der Waals surface area contributed by atoms with E-state index in [4.69, 9.17) is 25.7 Å². The predicted molar refractivity (Wildman–Crippen MR) is 179 cm³/mol. The smallest absolute Gasteiger partial charge is 0.221 e. The van der Waals surface area contributed by atoms with Gasteiger partial charge < -0.3 is 25.7 Å². The molecule has 6 rings (SSSR count). The van der Waals surface area contributed by atoms with E-state index in [0.29, 0.717) is 41.5 Å². The minimum atomic E-state index is -0.341. The number of ketones is 1. The first-order valence-electron chi connectivity index (χ1n) is 14.8. The number of hydrogen-bond acceptors (Lipinski definition) is 11. The van der Waals surface area contributed by atoms with Crippen molar-refractivity contribution >= 4 is 23.8 Å². The molecule has 1 unspecified atom stereocenters. The molecule has 0 radical (unpaired) electrons. The van der Waals surface area contributed by atoms with Crippen LogP contribution in [-0.4, -0.2) is 46.2 Å². The molecule has 0 amide bonds. The summed E-state index contributed by atoms with van der Waals surface area (Å²) in [5.74, 6) is 1.27. The molecule has 2 aromatic heterocycles. The highest BCUT2D eigenvalue weighted by Crippen LogP contribution is 2.36. The molecule has 0 fully saturated rings.